The van der Waals surface area contributed by atoms with E-state index in [0.29, 0.717) is 45.3 Å². The summed E-state index contributed by atoms with van der Waals surface area (Å²) in [7, 11) is 1.29. The number of anilines is 1. The Morgan fingerprint density at radius 2 is 1.86 bits per heavy atom. The highest BCUT2D eigenvalue weighted by Gasteiger charge is 2.29. The third-order valence-corrected chi connectivity index (χ3v) is 8.50. The Labute approximate surface area is 255 Å². The van der Waals surface area contributed by atoms with Gasteiger partial charge in [-0.3, -0.25) is 9.59 Å². The summed E-state index contributed by atoms with van der Waals surface area (Å²) in [6, 6.07) is 17.7. The number of esters is 1. The largest absolute Gasteiger partial charge is 0.490 e. The van der Waals surface area contributed by atoms with Crippen molar-refractivity contribution in [2.75, 3.05) is 19.0 Å². The molecule has 1 aliphatic rings. The average molecular weight is 651 g/mol. The fourth-order valence-corrected chi connectivity index (χ4v) is 6.67. The number of nitrogens with zero attached hydrogens (tertiary/aromatic N) is 1. The smallest absolute Gasteiger partial charge is 0.341 e. The number of halogens is 1. The average Bonchev–Trinajstić information content (AvgIpc) is 3.57. The van der Waals surface area contributed by atoms with Crippen LogP contribution in [0.3, 0.4) is 0 Å². The Kier molecular flexibility index (Phi) is 9.19. The summed E-state index contributed by atoms with van der Waals surface area (Å²) >= 11 is 4.85. The number of hydrogen-bond donors (Lipinski definition) is 2. The molecule has 4 aromatic rings. The van der Waals surface area contributed by atoms with E-state index in [4.69, 9.17) is 14.2 Å². The lowest BCUT2D eigenvalue weighted by Crippen LogP contribution is -2.32. The summed E-state index contributed by atoms with van der Waals surface area (Å²) in [6.45, 7) is 2.62. The summed E-state index contributed by atoms with van der Waals surface area (Å²) in [4.78, 5) is 38.4. The Hall–Kier alpha value is -4.22. The second-order valence-electron chi connectivity index (χ2n) is 9.40. The zero-order valence-electron chi connectivity index (χ0n) is 23.0. The van der Waals surface area contributed by atoms with E-state index in [0.717, 1.165) is 46.0 Å². The second kappa shape index (κ2) is 13.2. The Balaban J connectivity index is 1.25. The van der Waals surface area contributed by atoms with E-state index in [1.54, 1.807) is 12.1 Å². The van der Waals surface area contributed by atoms with Crippen LogP contribution in [-0.4, -0.2) is 37.7 Å². The molecule has 2 N–H and O–H groups in total. The molecule has 3 aromatic carbocycles. The minimum atomic E-state index is -0.977. The second-order valence-corrected chi connectivity index (χ2v) is 11.4. The topological polar surface area (TPSA) is 115 Å². The minimum Gasteiger partial charge on any atom is -0.490 e. The van der Waals surface area contributed by atoms with Gasteiger partial charge in [0.05, 0.1) is 30.0 Å². The molecule has 0 unspecified atom stereocenters. The summed E-state index contributed by atoms with van der Waals surface area (Å²) in [6.07, 6.45) is 3.89. The Bertz CT molecular complexity index is 1690. The molecule has 0 aliphatic heterocycles. The van der Waals surface area contributed by atoms with Crippen LogP contribution < -0.4 is 20.2 Å². The number of rotatable bonds is 9. The molecule has 1 heterocycles. The third-order valence-electron chi connectivity index (χ3n) is 6.71. The van der Waals surface area contributed by atoms with Gasteiger partial charge in [0.15, 0.2) is 11.5 Å². The molecule has 5 rings (SSSR count). The normalized spacial score (nSPS) is 12.3. The van der Waals surface area contributed by atoms with Crippen molar-refractivity contribution in [1.82, 2.24) is 5.43 Å². The first kappa shape index (κ1) is 29.3. The highest BCUT2D eigenvalue weighted by Crippen LogP contribution is 2.40. The standard InChI is InChI=1S/C31H28BrN3O6S/c1-3-40-24-15-18(14-23(32)27(24)41-17-20-10-6-9-19-8-4-5-11-21(19)20)16-33-35-29(37)28(36)34-30-26(31(38)39-2)22-12-7-13-25(22)42-30/h4-6,8-11,14-16H,3,7,12-13,17H2,1-2H3,(H,34,36)(H,35,37)/b33-16+. The molecule has 0 spiro atoms. The van der Waals surface area contributed by atoms with Crippen LogP contribution in [0.2, 0.25) is 0 Å². The molecule has 1 aromatic heterocycles. The van der Waals surface area contributed by atoms with E-state index < -0.39 is 17.8 Å². The highest BCUT2D eigenvalue weighted by atomic mass is 79.9. The molecule has 42 heavy (non-hydrogen) atoms. The Morgan fingerprint density at radius 1 is 1.05 bits per heavy atom. The molecule has 2 amide bonds. The van der Waals surface area contributed by atoms with Crippen molar-refractivity contribution in [3.63, 3.8) is 0 Å². The zero-order chi connectivity index (χ0) is 29.6. The van der Waals surface area contributed by atoms with Crippen LogP contribution in [0.5, 0.6) is 11.5 Å². The molecule has 0 atom stereocenters. The number of hydrogen-bond acceptors (Lipinski definition) is 8. The molecule has 11 heteroatoms. The van der Waals surface area contributed by atoms with Gasteiger partial charge in [0, 0.05) is 4.88 Å². The first-order valence-electron chi connectivity index (χ1n) is 13.3. The summed E-state index contributed by atoms with van der Waals surface area (Å²) < 4.78 is 17.5. The molecular weight excluding hydrogens is 622 g/mol. The monoisotopic (exact) mass is 649 g/mol. The molecule has 0 fully saturated rings. The molecule has 0 bridgehead atoms. The van der Waals surface area contributed by atoms with Crippen LogP contribution in [0.25, 0.3) is 10.8 Å². The number of carbonyl (C=O) groups is 3. The van der Waals surface area contributed by atoms with Gasteiger partial charge in [-0.2, -0.15) is 5.10 Å². The SMILES string of the molecule is CCOc1cc(/C=N/NC(=O)C(=O)Nc2sc3c(c2C(=O)OC)CCC3)cc(Br)c1OCc1cccc2ccccc12. The number of nitrogens with one attached hydrogen (secondary N) is 2. The van der Waals surface area contributed by atoms with Crippen molar-refractivity contribution in [3.05, 3.63) is 86.2 Å². The van der Waals surface area contributed by atoms with E-state index in [2.05, 4.69) is 50.0 Å². The van der Waals surface area contributed by atoms with Gasteiger partial charge < -0.3 is 19.5 Å². The van der Waals surface area contributed by atoms with Crippen LogP contribution in [0.15, 0.2) is 64.2 Å². The number of benzene rings is 3. The molecule has 216 valence electrons. The molecule has 9 nitrogen and oxygen atoms in total. The minimum absolute atomic E-state index is 0.306. The van der Waals surface area contributed by atoms with Crippen molar-refractivity contribution < 1.29 is 28.6 Å². The van der Waals surface area contributed by atoms with Gasteiger partial charge in [-0.15, -0.1) is 11.3 Å². The van der Waals surface area contributed by atoms with Gasteiger partial charge in [0.1, 0.15) is 11.6 Å². The molecular formula is C31H28BrN3O6S. The lowest BCUT2D eigenvalue weighted by atomic mass is 10.1. The summed E-state index contributed by atoms with van der Waals surface area (Å²) in [5, 5.41) is 9.02. The maximum Gasteiger partial charge on any atom is 0.341 e. The number of fused-ring (bicyclic) bond motifs is 2. The number of thiophene rings is 1. The summed E-state index contributed by atoms with van der Waals surface area (Å²) in [5.74, 6) is -1.42. The fourth-order valence-electron chi connectivity index (χ4n) is 4.82. The zero-order valence-corrected chi connectivity index (χ0v) is 25.4. The maximum atomic E-state index is 12.6. The van der Waals surface area contributed by atoms with Crippen LogP contribution in [-0.2, 0) is 33.8 Å². The van der Waals surface area contributed by atoms with E-state index in [9.17, 15) is 14.4 Å². The number of carbonyl (C=O) groups excluding carboxylic acids is 3. The van der Waals surface area contributed by atoms with Gasteiger partial charge in [-0.1, -0.05) is 42.5 Å². The number of amides is 2. The first-order valence-corrected chi connectivity index (χ1v) is 14.9. The van der Waals surface area contributed by atoms with Crippen molar-refractivity contribution in [3.8, 4) is 11.5 Å². The van der Waals surface area contributed by atoms with Crippen LogP contribution in [0.4, 0.5) is 5.00 Å². The number of hydrazone groups is 1. The third kappa shape index (κ3) is 6.32. The lowest BCUT2D eigenvalue weighted by molar-refractivity contribution is -0.136. The maximum absolute atomic E-state index is 12.6. The predicted molar refractivity (Wildman–Crippen MR) is 166 cm³/mol. The van der Waals surface area contributed by atoms with Crippen LogP contribution >= 0.6 is 27.3 Å². The van der Waals surface area contributed by atoms with Gasteiger partial charge >= 0.3 is 17.8 Å². The van der Waals surface area contributed by atoms with Gasteiger partial charge in [-0.05, 0) is 81.7 Å². The lowest BCUT2D eigenvalue weighted by Gasteiger charge is -2.15. The van der Waals surface area contributed by atoms with Crippen LogP contribution in [0, 0.1) is 0 Å². The molecule has 0 radical (unpaired) electrons. The first-order chi connectivity index (χ1) is 20.4. The quantitative estimate of drug-likeness (QED) is 0.0994. The van der Waals surface area contributed by atoms with Gasteiger partial charge in [-0.25, -0.2) is 10.2 Å². The van der Waals surface area contributed by atoms with Gasteiger partial charge in [0.25, 0.3) is 0 Å². The van der Waals surface area contributed by atoms with Gasteiger partial charge in [0.2, 0.25) is 0 Å². The number of methoxy groups -OCH3 is 1. The highest BCUT2D eigenvalue weighted by molar-refractivity contribution is 9.10. The number of ether oxygens (including phenoxy) is 3. The Morgan fingerprint density at radius 3 is 2.67 bits per heavy atom. The van der Waals surface area contributed by atoms with E-state index >= 15 is 0 Å². The predicted octanol–water partition coefficient (Wildman–Crippen LogP) is 6.01. The van der Waals surface area contributed by atoms with E-state index in [-0.39, 0.29) is 0 Å². The molecule has 1 aliphatic carbocycles. The molecule has 0 saturated heterocycles. The van der Waals surface area contributed by atoms with Crippen molar-refractivity contribution in [1.29, 1.82) is 0 Å². The van der Waals surface area contributed by atoms with Crippen molar-refractivity contribution in [2.45, 2.75) is 32.8 Å². The van der Waals surface area contributed by atoms with Crippen molar-refractivity contribution >= 4 is 67.0 Å². The summed E-state index contributed by atoms with van der Waals surface area (Å²) in [5.41, 5.74) is 5.07. The molecule has 0 saturated carbocycles. The van der Waals surface area contributed by atoms with E-state index in [1.165, 1.54) is 24.7 Å². The van der Waals surface area contributed by atoms with Crippen molar-refractivity contribution in [2.24, 2.45) is 5.10 Å². The van der Waals surface area contributed by atoms with Crippen LogP contribution in [0.1, 0.15) is 45.3 Å². The number of aryl methyl sites for hydroxylation is 1. The van der Waals surface area contributed by atoms with E-state index in [1.807, 2.05) is 31.2 Å². The fraction of sp³-hybridized carbons (Fsp3) is 0.226.